The second-order valence-electron chi connectivity index (χ2n) is 10.6. The number of nitrogens with zero attached hydrogens (tertiary/aromatic N) is 3. The van der Waals surface area contributed by atoms with E-state index >= 15 is 0 Å². The fourth-order valence-corrected chi connectivity index (χ4v) is 7.01. The van der Waals surface area contributed by atoms with Crippen molar-refractivity contribution < 1.29 is 18.0 Å². The maximum atomic E-state index is 14.2. The molecule has 212 valence electrons. The minimum Gasteiger partial charge on any atom is -0.354 e. The Morgan fingerprint density at radius 2 is 1.80 bits per heavy atom. The molecule has 1 aromatic heterocycles. The molecule has 2 amide bonds. The third kappa shape index (κ3) is 6.09. The number of sulfonamides is 1. The van der Waals surface area contributed by atoms with Gasteiger partial charge in [-0.3, -0.25) is 14.3 Å². The van der Waals surface area contributed by atoms with E-state index in [0.29, 0.717) is 42.1 Å². The monoisotopic (exact) mass is 583 g/mol. The largest absolute Gasteiger partial charge is 0.354 e. The summed E-state index contributed by atoms with van der Waals surface area (Å²) in [5.41, 5.74) is 2.77. The molecule has 9 nitrogen and oxygen atoms in total. The summed E-state index contributed by atoms with van der Waals surface area (Å²) >= 11 is 6.22. The summed E-state index contributed by atoms with van der Waals surface area (Å²) in [4.78, 5) is 30.0. The van der Waals surface area contributed by atoms with Crippen LogP contribution in [0.1, 0.15) is 64.8 Å². The summed E-state index contributed by atoms with van der Waals surface area (Å²) in [5.74, 6) is -1.13. The van der Waals surface area contributed by atoms with Crippen LogP contribution in [-0.2, 0) is 21.4 Å². The minimum absolute atomic E-state index is 0.209. The van der Waals surface area contributed by atoms with Gasteiger partial charge in [0, 0.05) is 35.4 Å². The van der Waals surface area contributed by atoms with E-state index in [1.165, 1.54) is 0 Å². The third-order valence-electron chi connectivity index (χ3n) is 7.74. The van der Waals surface area contributed by atoms with E-state index in [9.17, 15) is 18.0 Å². The van der Waals surface area contributed by atoms with E-state index in [4.69, 9.17) is 11.6 Å². The number of aryl methyl sites for hydroxylation is 1. The first-order chi connectivity index (χ1) is 19.1. The van der Waals surface area contributed by atoms with E-state index in [1.807, 2.05) is 43.5 Å². The van der Waals surface area contributed by atoms with Gasteiger partial charge in [-0.2, -0.15) is 5.10 Å². The molecule has 2 heterocycles. The molecule has 0 bridgehead atoms. The van der Waals surface area contributed by atoms with Crippen molar-refractivity contribution >= 4 is 33.4 Å². The molecule has 3 aromatic rings. The summed E-state index contributed by atoms with van der Waals surface area (Å²) in [5, 5.41) is 8.01. The molecule has 2 aliphatic rings. The molecule has 1 aliphatic heterocycles. The Labute approximate surface area is 239 Å². The Balaban J connectivity index is 1.57. The topological polar surface area (TPSA) is 113 Å². The zero-order valence-electron chi connectivity index (χ0n) is 22.6. The van der Waals surface area contributed by atoms with Gasteiger partial charge in [0.2, 0.25) is 15.9 Å². The predicted molar refractivity (Wildman–Crippen MR) is 154 cm³/mol. The average Bonchev–Trinajstić information content (AvgIpc) is 3.33. The molecule has 40 heavy (non-hydrogen) atoms. The van der Waals surface area contributed by atoms with Gasteiger partial charge in [0.25, 0.3) is 5.91 Å². The number of hydrogen-bond donors (Lipinski definition) is 2. The highest BCUT2D eigenvalue weighted by Gasteiger charge is 2.48. The normalized spacial score (nSPS) is 23.1. The van der Waals surface area contributed by atoms with Crippen molar-refractivity contribution in [3.05, 3.63) is 88.2 Å². The molecule has 4 atom stereocenters. The number of aromatic nitrogens is 2. The summed E-state index contributed by atoms with van der Waals surface area (Å²) in [6.45, 7) is 2.78. The number of rotatable bonds is 8. The van der Waals surface area contributed by atoms with Gasteiger partial charge in [-0.1, -0.05) is 54.8 Å². The first-order valence-corrected chi connectivity index (χ1v) is 15.8. The highest BCUT2D eigenvalue weighted by atomic mass is 35.5. The zero-order chi connectivity index (χ0) is 28.4. The molecule has 2 aromatic carbocycles. The Bertz CT molecular complexity index is 1490. The van der Waals surface area contributed by atoms with E-state index in [2.05, 4.69) is 15.1 Å². The van der Waals surface area contributed by atoms with E-state index in [1.54, 1.807) is 33.8 Å². The van der Waals surface area contributed by atoms with Gasteiger partial charge in [-0.05, 0) is 55.2 Å². The van der Waals surface area contributed by atoms with Crippen molar-refractivity contribution in [3.8, 4) is 0 Å². The van der Waals surface area contributed by atoms with Gasteiger partial charge in [-0.25, -0.2) is 13.1 Å². The molecular formula is C29H34ClN5O4S. The second-order valence-corrected chi connectivity index (χ2v) is 12.8. The van der Waals surface area contributed by atoms with Crippen LogP contribution in [0.2, 0.25) is 5.02 Å². The quantitative estimate of drug-likeness (QED) is 0.419. The number of carbonyl (C=O) groups is 2. The molecular weight excluding hydrogens is 550 g/mol. The maximum Gasteiger partial charge on any atom is 0.255 e. The summed E-state index contributed by atoms with van der Waals surface area (Å²) in [7, 11) is -3.52. The van der Waals surface area contributed by atoms with Crippen LogP contribution in [0.3, 0.4) is 0 Å². The van der Waals surface area contributed by atoms with Crippen LogP contribution < -0.4 is 10.0 Å². The van der Waals surface area contributed by atoms with Crippen molar-refractivity contribution in [3.63, 3.8) is 0 Å². The van der Waals surface area contributed by atoms with E-state index < -0.39 is 34.1 Å². The smallest absolute Gasteiger partial charge is 0.255 e. The molecule has 1 fully saturated rings. The molecule has 0 radical (unpaired) electrons. The standard InChI is InChI=1S/C29H34ClN5O4S/c1-19-15-17-34(32-19)18-16-31-28(36)26-22-7-3-4-8-23(22)29(37)35(27(26)20-11-13-21(30)14-12-20)25-10-6-5-9-24(25)33-40(2,38)39/h3-4,7-8,11-15,17,24-27,33H,5-6,9-10,16,18H2,1-2H3,(H,31,36)/t24-,25-,26+,27-/m0/s1. The lowest BCUT2D eigenvalue weighted by atomic mass is 9.76. The molecule has 1 aliphatic carbocycles. The Morgan fingerprint density at radius 1 is 1.07 bits per heavy atom. The van der Waals surface area contributed by atoms with Crippen molar-refractivity contribution in [2.75, 3.05) is 12.8 Å². The SMILES string of the molecule is Cc1ccn(CCNC(=O)[C@@H]2c3ccccc3C(=O)N([C@H]3CCCC[C@@H]3NS(C)(=O)=O)[C@H]2c2ccc(Cl)cc2)n1. The number of nitrogens with one attached hydrogen (secondary N) is 2. The minimum atomic E-state index is -3.52. The maximum absolute atomic E-state index is 14.2. The molecule has 5 rings (SSSR count). The van der Waals surface area contributed by atoms with Crippen LogP contribution in [-0.4, -0.2) is 59.8 Å². The van der Waals surface area contributed by atoms with Gasteiger partial charge in [0.05, 0.1) is 30.5 Å². The molecule has 0 unspecified atom stereocenters. The molecule has 2 N–H and O–H groups in total. The highest BCUT2D eigenvalue weighted by Crippen LogP contribution is 2.46. The van der Waals surface area contributed by atoms with Gasteiger partial charge in [0.1, 0.15) is 0 Å². The van der Waals surface area contributed by atoms with Crippen LogP contribution in [0.25, 0.3) is 0 Å². The lowest BCUT2D eigenvalue weighted by molar-refractivity contribution is -0.124. The lowest BCUT2D eigenvalue weighted by Crippen LogP contribution is -2.59. The van der Waals surface area contributed by atoms with Gasteiger partial charge >= 0.3 is 0 Å². The number of benzene rings is 2. The number of fused-ring (bicyclic) bond motifs is 1. The van der Waals surface area contributed by atoms with Crippen molar-refractivity contribution in [2.24, 2.45) is 0 Å². The van der Waals surface area contributed by atoms with Crippen LogP contribution in [0.4, 0.5) is 0 Å². The molecule has 11 heteroatoms. The summed E-state index contributed by atoms with van der Waals surface area (Å²) < 4.78 is 29.2. The first kappa shape index (κ1) is 28.3. The Morgan fingerprint density at radius 3 is 2.50 bits per heavy atom. The summed E-state index contributed by atoms with van der Waals surface area (Å²) in [6.07, 6.45) is 5.94. The van der Waals surface area contributed by atoms with Crippen LogP contribution in [0, 0.1) is 6.92 Å². The van der Waals surface area contributed by atoms with Crippen molar-refractivity contribution in [1.29, 1.82) is 0 Å². The average molecular weight is 584 g/mol. The fourth-order valence-electron chi connectivity index (χ4n) is 6.06. The molecule has 0 saturated heterocycles. The Hall–Kier alpha value is -3.21. The number of carbonyl (C=O) groups excluding carboxylic acids is 2. The van der Waals surface area contributed by atoms with Gasteiger partial charge in [-0.15, -0.1) is 0 Å². The van der Waals surface area contributed by atoms with Crippen LogP contribution >= 0.6 is 11.6 Å². The van der Waals surface area contributed by atoms with E-state index in [-0.39, 0.29) is 11.8 Å². The van der Waals surface area contributed by atoms with Crippen LogP contribution in [0.5, 0.6) is 0 Å². The number of halogens is 1. The highest BCUT2D eigenvalue weighted by molar-refractivity contribution is 7.88. The lowest BCUT2D eigenvalue weighted by Gasteiger charge is -2.49. The van der Waals surface area contributed by atoms with Crippen LogP contribution in [0.15, 0.2) is 60.8 Å². The number of hydrogen-bond acceptors (Lipinski definition) is 5. The van der Waals surface area contributed by atoms with Crippen molar-refractivity contribution in [2.45, 2.75) is 63.2 Å². The van der Waals surface area contributed by atoms with Gasteiger partial charge in [0.15, 0.2) is 0 Å². The molecule has 1 saturated carbocycles. The fraction of sp³-hybridized carbons (Fsp3) is 0.414. The third-order valence-corrected chi connectivity index (χ3v) is 8.72. The molecule has 0 spiro atoms. The van der Waals surface area contributed by atoms with Gasteiger partial charge < -0.3 is 10.2 Å². The van der Waals surface area contributed by atoms with Crippen molar-refractivity contribution in [1.82, 2.24) is 24.7 Å². The van der Waals surface area contributed by atoms with E-state index in [0.717, 1.165) is 30.4 Å². The summed E-state index contributed by atoms with van der Waals surface area (Å²) in [6, 6.07) is 14.8. The Kier molecular flexibility index (Phi) is 8.30. The number of amides is 2. The zero-order valence-corrected chi connectivity index (χ0v) is 24.2. The second kappa shape index (κ2) is 11.7. The predicted octanol–water partition coefficient (Wildman–Crippen LogP) is 3.80. The first-order valence-electron chi connectivity index (χ1n) is 13.5.